The first-order chi connectivity index (χ1) is 9.40. The molecule has 0 aromatic heterocycles. The van der Waals surface area contributed by atoms with E-state index >= 15 is 0 Å². The lowest BCUT2D eigenvalue weighted by Gasteiger charge is -2.21. The second-order valence-corrected chi connectivity index (χ2v) is 5.57. The van der Waals surface area contributed by atoms with Crippen molar-refractivity contribution in [1.29, 1.82) is 0 Å². The van der Waals surface area contributed by atoms with Gasteiger partial charge in [-0.15, -0.1) is 0 Å². The molecule has 0 heterocycles. The van der Waals surface area contributed by atoms with Gasteiger partial charge in [-0.2, -0.15) is 0 Å². The number of benzene rings is 1. The second kappa shape index (κ2) is 7.90. The lowest BCUT2D eigenvalue weighted by Crippen LogP contribution is -2.36. The van der Waals surface area contributed by atoms with Gasteiger partial charge in [-0.3, -0.25) is 4.79 Å². The van der Waals surface area contributed by atoms with Crippen molar-refractivity contribution < 1.29 is 9.53 Å². The summed E-state index contributed by atoms with van der Waals surface area (Å²) in [4.78, 5) is 13.5. The zero-order valence-corrected chi connectivity index (χ0v) is 13.1. The molecule has 0 bridgehead atoms. The van der Waals surface area contributed by atoms with E-state index in [-0.39, 0.29) is 18.6 Å². The molecule has 112 valence electrons. The number of nitrogens with one attached hydrogen (secondary N) is 1. The third-order valence-corrected chi connectivity index (χ3v) is 3.17. The van der Waals surface area contributed by atoms with E-state index in [4.69, 9.17) is 4.74 Å². The topological polar surface area (TPSA) is 41.6 Å². The summed E-state index contributed by atoms with van der Waals surface area (Å²) in [5.41, 5.74) is 1.21. The van der Waals surface area contributed by atoms with Crippen molar-refractivity contribution in [3.05, 3.63) is 29.8 Å². The monoisotopic (exact) mass is 278 g/mol. The molecule has 1 aromatic carbocycles. The standard InChI is InChI=1S/C16H26N2O2/c1-12(2)17-10-14-6-8-15(9-7-14)20-11-16(19)18(5)13(3)4/h6-9,12-13,17H,10-11H2,1-5H3. The normalized spacial score (nSPS) is 10.9. The number of rotatable bonds is 7. The van der Waals surface area contributed by atoms with Crippen molar-refractivity contribution in [2.45, 2.75) is 46.3 Å². The summed E-state index contributed by atoms with van der Waals surface area (Å²) in [6.45, 7) is 9.12. The van der Waals surface area contributed by atoms with Crippen LogP contribution in [0.15, 0.2) is 24.3 Å². The first-order valence-corrected chi connectivity index (χ1v) is 7.11. The van der Waals surface area contributed by atoms with Gasteiger partial charge < -0.3 is 15.0 Å². The molecule has 0 unspecified atom stereocenters. The Morgan fingerprint density at radius 3 is 2.30 bits per heavy atom. The van der Waals surface area contributed by atoms with Gasteiger partial charge >= 0.3 is 0 Å². The van der Waals surface area contributed by atoms with E-state index in [1.807, 2.05) is 38.1 Å². The predicted molar refractivity (Wildman–Crippen MR) is 81.8 cm³/mol. The first kappa shape index (κ1) is 16.5. The molecule has 1 amide bonds. The third kappa shape index (κ3) is 5.61. The summed E-state index contributed by atoms with van der Waals surface area (Å²) in [6.07, 6.45) is 0. The third-order valence-electron chi connectivity index (χ3n) is 3.17. The molecule has 20 heavy (non-hydrogen) atoms. The van der Waals surface area contributed by atoms with E-state index in [1.165, 1.54) is 5.56 Å². The van der Waals surface area contributed by atoms with Crippen molar-refractivity contribution in [3.63, 3.8) is 0 Å². The molecule has 0 saturated carbocycles. The zero-order valence-electron chi connectivity index (χ0n) is 13.1. The molecule has 1 N–H and O–H groups in total. The Balaban J connectivity index is 2.44. The highest BCUT2D eigenvalue weighted by atomic mass is 16.5. The van der Waals surface area contributed by atoms with Gasteiger partial charge in [0.15, 0.2) is 6.61 Å². The van der Waals surface area contributed by atoms with Crippen molar-refractivity contribution >= 4 is 5.91 Å². The highest BCUT2D eigenvalue weighted by molar-refractivity contribution is 5.77. The molecular formula is C16H26N2O2. The Kier molecular flexibility index (Phi) is 6.52. The smallest absolute Gasteiger partial charge is 0.260 e. The minimum absolute atomic E-state index is 0.00875. The average molecular weight is 278 g/mol. The summed E-state index contributed by atoms with van der Waals surface area (Å²) >= 11 is 0. The molecule has 0 aliphatic heterocycles. The number of hydrogen-bond donors (Lipinski definition) is 1. The van der Waals surface area contributed by atoms with Crippen LogP contribution in [-0.4, -0.2) is 36.5 Å². The van der Waals surface area contributed by atoms with E-state index in [0.29, 0.717) is 6.04 Å². The van der Waals surface area contributed by atoms with Crippen LogP contribution in [0.4, 0.5) is 0 Å². The SMILES string of the molecule is CC(C)NCc1ccc(OCC(=O)N(C)C(C)C)cc1. The summed E-state index contributed by atoms with van der Waals surface area (Å²) < 4.78 is 5.51. The summed E-state index contributed by atoms with van der Waals surface area (Å²) in [7, 11) is 1.79. The van der Waals surface area contributed by atoms with E-state index in [0.717, 1.165) is 12.3 Å². The first-order valence-electron chi connectivity index (χ1n) is 7.11. The van der Waals surface area contributed by atoms with Gasteiger partial charge in [-0.1, -0.05) is 26.0 Å². The molecule has 0 spiro atoms. The van der Waals surface area contributed by atoms with Gasteiger partial charge in [0.1, 0.15) is 5.75 Å². The zero-order chi connectivity index (χ0) is 15.1. The minimum atomic E-state index is -0.00875. The molecule has 1 aromatic rings. The highest BCUT2D eigenvalue weighted by Crippen LogP contribution is 2.12. The number of likely N-dealkylation sites (N-methyl/N-ethyl adjacent to an activating group) is 1. The van der Waals surface area contributed by atoms with Crippen molar-refractivity contribution in [2.75, 3.05) is 13.7 Å². The minimum Gasteiger partial charge on any atom is -0.484 e. The van der Waals surface area contributed by atoms with Crippen LogP contribution in [-0.2, 0) is 11.3 Å². The maximum Gasteiger partial charge on any atom is 0.260 e. The largest absolute Gasteiger partial charge is 0.484 e. The molecule has 0 fully saturated rings. The summed E-state index contributed by atoms with van der Waals surface area (Å²) in [5, 5.41) is 3.36. The molecule has 0 aliphatic carbocycles. The number of carbonyl (C=O) groups excluding carboxylic acids is 1. The number of hydrogen-bond acceptors (Lipinski definition) is 3. The maximum atomic E-state index is 11.8. The molecule has 1 rings (SSSR count). The molecular weight excluding hydrogens is 252 g/mol. The number of amides is 1. The van der Waals surface area contributed by atoms with E-state index in [1.54, 1.807) is 11.9 Å². The number of nitrogens with zero attached hydrogens (tertiary/aromatic N) is 1. The van der Waals surface area contributed by atoms with Crippen LogP contribution in [0.5, 0.6) is 5.75 Å². The molecule has 0 saturated heterocycles. The number of carbonyl (C=O) groups is 1. The van der Waals surface area contributed by atoms with E-state index in [9.17, 15) is 4.79 Å². The van der Waals surface area contributed by atoms with Crippen molar-refractivity contribution in [1.82, 2.24) is 10.2 Å². The molecule has 4 heteroatoms. The second-order valence-electron chi connectivity index (χ2n) is 5.57. The molecule has 0 radical (unpaired) electrons. The Morgan fingerprint density at radius 2 is 1.80 bits per heavy atom. The fourth-order valence-electron chi connectivity index (χ4n) is 1.56. The van der Waals surface area contributed by atoms with E-state index < -0.39 is 0 Å². The Hall–Kier alpha value is -1.55. The maximum absolute atomic E-state index is 11.8. The van der Waals surface area contributed by atoms with Crippen LogP contribution < -0.4 is 10.1 Å². The fraction of sp³-hybridized carbons (Fsp3) is 0.562. The highest BCUT2D eigenvalue weighted by Gasteiger charge is 2.12. The van der Waals surface area contributed by atoms with Crippen molar-refractivity contribution in [2.24, 2.45) is 0 Å². The Morgan fingerprint density at radius 1 is 1.20 bits per heavy atom. The van der Waals surface area contributed by atoms with Gasteiger partial charge in [0, 0.05) is 25.7 Å². The summed E-state index contributed by atoms with van der Waals surface area (Å²) in [5.74, 6) is 0.717. The van der Waals surface area contributed by atoms with Gasteiger partial charge in [0.2, 0.25) is 0 Å². The van der Waals surface area contributed by atoms with E-state index in [2.05, 4.69) is 19.2 Å². The molecule has 4 nitrogen and oxygen atoms in total. The Labute approximate surface area is 122 Å². The quantitative estimate of drug-likeness (QED) is 0.833. The lowest BCUT2D eigenvalue weighted by molar-refractivity contribution is -0.133. The van der Waals surface area contributed by atoms with Crippen LogP contribution >= 0.6 is 0 Å². The lowest BCUT2D eigenvalue weighted by atomic mass is 10.2. The van der Waals surface area contributed by atoms with Gasteiger partial charge in [0.05, 0.1) is 0 Å². The van der Waals surface area contributed by atoms with Gasteiger partial charge in [-0.05, 0) is 31.5 Å². The van der Waals surface area contributed by atoms with Crippen LogP contribution in [0.1, 0.15) is 33.3 Å². The Bertz CT molecular complexity index is 413. The fourth-order valence-corrected chi connectivity index (χ4v) is 1.56. The molecule has 0 aliphatic rings. The molecule has 0 atom stereocenters. The number of ether oxygens (including phenoxy) is 1. The average Bonchev–Trinajstić information content (AvgIpc) is 2.42. The van der Waals surface area contributed by atoms with Crippen LogP contribution in [0.25, 0.3) is 0 Å². The predicted octanol–water partition coefficient (Wildman–Crippen LogP) is 2.43. The van der Waals surface area contributed by atoms with Crippen LogP contribution in [0.2, 0.25) is 0 Å². The van der Waals surface area contributed by atoms with Gasteiger partial charge in [-0.25, -0.2) is 0 Å². The van der Waals surface area contributed by atoms with Crippen LogP contribution in [0, 0.1) is 0 Å². The summed E-state index contributed by atoms with van der Waals surface area (Å²) in [6, 6.07) is 8.49. The van der Waals surface area contributed by atoms with Crippen LogP contribution in [0.3, 0.4) is 0 Å². The van der Waals surface area contributed by atoms with Crippen molar-refractivity contribution in [3.8, 4) is 5.75 Å². The van der Waals surface area contributed by atoms with Gasteiger partial charge in [0.25, 0.3) is 5.91 Å².